The number of carbonyl (C=O) groups excluding carboxylic acids is 4. The minimum atomic E-state index is -1.75. The van der Waals surface area contributed by atoms with Crippen LogP contribution < -0.4 is 0 Å². The van der Waals surface area contributed by atoms with Crippen LogP contribution in [0.5, 0.6) is 0 Å². The summed E-state index contributed by atoms with van der Waals surface area (Å²) in [6.07, 6.45) is 0.435. The van der Waals surface area contributed by atoms with Gasteiger partial charge in [-0.15, -0.1) is 0 Å². The van der Waals surface area contributed by atoms with Crippen molar-refractivity contribution in [2.24, 2.45) is 0 Å². The van der Waals surface area contributed by atoms with Crippen molar-refractivity contribution in [3.8, 4) is 0 Å². The number of ketones is 1. The monoisotopic (exact) mass is 461 g/mol. The van der Waals surface area contributed by atoms with E-state index in [9.17, 15) is 19.2 Å². The van der Waals surface area contributed by atoms with Crippen LogP contribution in [-0.2, 0) is 42.2 Å². The molecular weight excluding hydrogens is 438 g/mol. The van der Waals surface area contributed by atoms with Crippen LogP contribution in [0.15, 0.2) is 24.3 Å². The number of methoxy groups -OCH3 is 2. The molecule has 3 rings (SSSR count). The van der Waals surface area contributed by atoms with Crippen molar-refractivity contribution in [1.29, 1.82) is 0 Å². The average Bonchev–Trinajstić information content (AvgIpc) is 3.34. The van der Waals surface area contributed by atoms with Crippen LogP contribution in [0.3, 0.4) is 0 Å². The van der Waals surface area contributed by atoms with Gasteiger partial charge in [-0.05, 0) is 37.5 Å². The summed E-state index contributed by atoms with van der Waals surface area (Å²) in [6, 6.07) is 6.19. The van der Waals surface area contributed by atoms with Gasteiger partial charge in [-0.2, -0.15) is 0 Å². The minimum absolute atomic E-state index is 0.0501. The molecule has 0 fully saturated rings. The molecule has 0 spiro atoms. The molecule has 0 saturated heterocycles. The summed E-state index contributed by atoms with van der Waals surface area (Å²) in [5.74, 6) is -2.51. The number of fused-ring (bicyclic) bond motifs is 1. The van der Waals surface area contributed by atoms with Crippen LogP contribution in [-0.4, -0.2) is 49.1 Å². The highest BCUT2D eigenvalue weighted by Crippen LogP contribution is 2.46. The molecule has 170 valence electrons. The number of halogens is 1. The second-order valence-corrected chi connectivity index (χ2v) is 7.64. The maximum atomic E-state index is 13.6. The van der Waals surface area contributed by atoms with Crippen LogP contribution in [0, 0.1) is 0 Å². The summed E-state index contributed by atoms with van der Waals surface area (Å²) in [5.41, 5.74) is -0.284. The van der Waals surface area contributed by atoms with E-state index in [2.05, 4.69) is 0 Å². The maximum Gasteiger partial charge on any atom is 0.338 e. The topological polar surface area (TPSA) is 101 Å². The van der Waals surface area contributed by atoms with E-state index in [1.54, 1.807) is 29.7 Å². The van der Waals surface area contributed by atoms with Crippen LogP contribution >= 0.6 is 11.6 Å². The number of esters is 3. The van der Waals surface area contributed by atoms with Crippen LogP contribution in [0.2, 0.25) is 5.02 Å². The third kappa shape index (κ3) is 3.48. The van der Waals surface area contributed by atoms with Crippen LogP contribution in [0.25, 0.3) is 0 Å². The fourth-order valence-electron chi connectivity index (χ4n) is 4.23. The predicted octanol–water partition coefficient (Wildman–Crippen LogP) is 3.10. The van der Waals surface area contributed by atoms with E-state index in [0.29, 0.717) is 12.0 Å². The Labute approximate surface area is 190 Å². The summed E-state index contributed by atoms with van der Waals surface area (Å²) in [5, 5.41) is 0.158. The lowest BCUT2D eigenvalue weighted by Gasteiger charge is -2.23. The second kappa shape index (κ2) is 9.16. The molecule has 1 aromatic heterocycles. The van der Waals surface area contributed by atoms with E-state index in [-0.39, 0.29) is 52.9 Å². The Morgan fingerprint density at radius 3 is 2.25 bits per heavy atom. The molecular formula is C23H24ClNO7. The van der Waals surface area contributed by atoms with Gasteiger partial charge < -0.3 is 18.8 Å². The third-order valence-corrected chi connectivity index (χ3v) is 6.09. The zero-order chi connectivity index (χ0) is 23.6. The molecule has 9 heteroatoms. The quantitative estimate of drug-likeness (QED) is 0.270. The molecule has 0 N–H and O–H groups in total. The first kappa shape index (κ1) is 23.5. The standard InChI is InChI=1S/C23H24ClNO7/c1-5-15-16(24)19-23(21(28)30-3,22(29)31-4)10-11-25(19)17(15)18(26)13-8-7-9-14(12-13)20(27)32-6-2/h7-9,12H,5-6,10-11H2,1-4H3. The van der Waals surface area contributed by atoms with Gasteiger partial charge in [0.25, 0.3) is 0 Å². The highest BCUT2D eigenvalue weighted by molar-refractivity contribution is 6.34. The van der Waals surface area contributed by atoms with Crippen molar-refractivity contribution in [3.63, 3.8) is 0 Å². The lowest BCUT2D eigenvalue weighted by molar-refractivity contribution is -0.162. The summed E-state index contributed by atoms with van der Waals surface area (Å²) in [6.45, 7) is 3.92. The van der Waals surface area contributed by atoms with Crippen molar-refractivity contribution < 1.29 is 33.4 Å². The van der Waals surface area contributed by atoms with E-state index in [0.717, 1.165) is 0 Å². The van der Waals surface area contributed by atoms with E-state index < -0.39 is 23.3 Å². The maximum absolute atomic E-state index is 13.6. The highest BCUT2D eigenvalue weighted by atomic mass is 35.5. The Kier molecular flexibility index (Phi) is 6.74. The number of hydrogen-bond donors (Lipinski definition) is 0. The normalized spacial score (nSPS) is 13.9. The van der Waals surface area contributed by atoms with Gasteiger partial charge in [-0.1, -0.05) is 30.7 Å². The first-order valence-electron chi connectivity index (χ1n) is 10.2. The molecule has 0 saturated carbocycles. The SMILES string of the molecule is CCOC(=O)c1cccc(C(=O)c2c(CC)c(Cl)c3n2CCC3(C(=O)OC)C(=O)OC)c1. The molecule has 2 aromatic rings. The predicted molar refractivity (Wildman–Crippen MR) is 115 cm³/mol. The van der Waals surface area contributed by atoms with E-state index in [4.69, 9.17) is 25.8 Å². The van der Waals surface area contributed by atoms with Crippen molar-refractivity contribution in [2.75, 3.05) is 20.8 Å². The summed E-state index contributed by atoms with van der Waals surface area (Å²) in [7, 11) is 2.36. The van der Waals surface area contributed by atoms with Crippen LogP contribution in [0.4, 0.5) is 0 Å². The summed E-state index contributed by atoms with van der Waals surface area (Å²) in [4.78, 5) is 51.2. The number of benzene rings is 1. The lowest BCUT2D eigenvalue weighted by Crippen LogP contribution is -2.44. The molecule has 1 aromatic carbocycles. The van der Waals surface area contributed by atoms with Crippen LogP contribution in [0.1, 0.15) is 57.9 Å². The number of carbonyl (C=O) groups is 4. The fourth-order valence-corrected chi connectivity index (χ4v) is 4.72. The molecule has 1 aliphatic heterocycles. The smallest absolute Gasteiger partial charge is 0.338 e. The van der Waals surface area contributed by atoms with E-state index >= 15 is 0 Å². The van der Waals surface area contributed by atoms with Gasteiger partial charge in [0.05, 0.1) is 42.8 Å². The number of nitrogens with zero attached hydrogens (tertiary/aromatic N) is 1. The van der Waals surface area contributed by atoms with Gasteiger partial charge in [0, 0.05) is 12.1 Å². The molecule has 0 unspecified atom stereocenters. The molecule has 0 amide bonds. The fraction of sp³-hybridized carbons (Fsp3) is 0.391. The summed E-state index contributed by atoms with van der Waals surface area (Å²) < 4.78 is 16.4. The lowest BCUT2D eigenvalue weighted by atomic mass is 9.83. The van der Waals surface area contributed by atoms with Gasteiger partial charge in [0.2, 0.25) is 11.2 Å². The first-order valence-corrected chi connectivity index (χ1v) is 10.6. The average molecular weight is 462 g/mol. The van der Waals surface area contributed by atoms with E-state index in [1.807, 2.05) is 6.92 Å². The van der Waals surface area contributed by atoms with Gasteiger partial charge in [-0.3, -0.25) is 14.4 Å². The highest BCUT2D eigenvalue weighted by Gasteiger charge is 2.57. The number of aromatic nitrogens is 1. The molecule has 32 heavy (non-hydrogen) atoms. The Morgan fingerprint density at radius 2 is 1.69 bits per heavy atom. The Bertz CT molecular complexity index is 1090. The van der Waals surface area contributed by atoms with Gasteiger partial charge in [-0.25, -0.2) is 4.79 Å². The van der Waals surface area contributed by atoms with Crippen molar-refractivity contribution in [3.05, 3.63) is 57.4 Å². The third-order valence-electron chi connectivity index (χ3n) is 5.69. The van der Waals surface area contributed by atoms with Gasteiger partial charge in [0.1, 0.15) is 0 Å². The number of ether oxygens (including phenoxy) is 3. The first-order chi connectivity index (χ1) is 15.3. The van der Waals surface area contributed by atoms with Crippen molar-refractivity contribution in [1.82, 2.24) is 4.57 Å². The van der Waals surface area contributed by atoms with E-state index in [1.165, 1.54) is 20.3 Å². The molecule has 8 nitrogen and oxygen atoms in total. The minimum Gasteiger partial charge on any atom is -0.468 e. The number of hydrogen-bond acceptors (Lipinski definition) is 7. The van der Waals surface area contributed by atoms with Gasteiger partial charge >= 0.3 is 17.9 Å². The Balaban J connectivity index is 2.19. The second-order valence-electron chi connectivity index (χ2n) is 7.26. The molecule has 1 aliphatic rings. The summed E-state index contributed by atoms with van der Waals surface area (Å²) >= 11 is 6.65. The Morgan fingerprint density at radius 1 is 1.06 bits per heavy atom. The molecule has 0 aliphatic carbocycles. The number of rotatable bonds is 7. The molecule has 0 atom stereocenters. The zero-order valence-corrected chi connectivity index (χ0v) is 19.1. The molecule has 0 bridgehead atoms. The van der Waals surface area contributed by atoms with Crippen molar-refractivity contribution in [2.45, 2.75) is 38.6 Å². The van der Waals surface area contributed by atoms with Gasteiger partial charge in [0.15, 0.2) is 0 Å². The largest absolute Gasteiger partial charge is 0.468 e. The Hall–Kier alpha value is -3.13. The molecule has 2 heterocycles. The zero-order valence-electron chi connectivity index (χ0n) is 18.3. The molecule has 0 radical (unpaired) electrons. The van der Waals surface area contributed by atoms with Crippen molar-refractivity contribution >= 4 is 35.3 Å².